The Morgan fingerprint density at radius 1 is 1.08 bits per heavy atom. The molecule has 0 aromatic carbocycles. The summed E-state index contributed by atoms with van der Waals surface area (Å²) in [7, 11) is 0. The summed E-state index contributed by atoms with van der Waals surface area (Å²) in [6, 6.07) is 0. The maximum Gasteiger partial charge on any atom is 0.108 e. The van der Waals surface area contributed by atoms with E-state index in [-0.39, 0.29) is 0 Å². The molecule has 0 atom stereocenters. The Hall–Kier alpha value is -0.0800. The Kier molecular flexibility index (Phi) is 7.51. The summed E-state index contributed by atoms with van der Waals surface area (Å²) in [5.41, 5.74) is 0. The average Bonchev–Trinajstić information content (AvgIpc) is 2.01. The van der Waals surface area contributed by atoms with Gasteiger partial charge in [-0.15, -0.1) is 0 Å². The number of hydrogen-bond acceptors (Lipinski definition) is 1. The van der Waals surface area contributed by atoms with Crippen molar-refractivity contribution in [2.24, 2.45) is 5.92 Å². The van der Waals surface area contributed by atoms with E-state index in [0.29, 0.717) is 5.92 Å². The highest BCUT2D eigenvalue weighted by molar-refractivity contribution is 4.35. The molecule has 2 nitrogen and oxygen atoms in total. The van der Waals surface area contributed by atoms with E-state index < -0.39 is 0 Å². The first kappa shape index (κ1) is 11.9. The Morgan fingerprint density at radius 2 is 1.58 bits per heavy atom. The lowest BCUT2D eigenvalue weighted by molar-refractivity contribution is -1.09. The average molecular weight is 174 g/mol. The van der Waals surface area contributed by atoms with Crippen LogP contribution < -0.4 is 5.06 Å². The highest BCUT2D eigenvalue weighted by Crippen LogP contribution is 1.88. The Balaban J connectivity index is 3.48. The van der Waals surface area contributed by atoms with Gasteiger partial charge in [-0.25, -0.2) is 4.84 Å². The number of nitrogens with one attached hydrogen (secondary N) is 1. The predicted octanol–water partition coefficient (Wildman–Crippen LogP) is 1.28. The Morgan fingerprint density at radius 3 is 1.92 bits per heavy atom. The van der Waals surface area contributed by atoms with Gasteiger partial charge < -0.3 is 0 Å². The van der Waals surface area contributed by atoms with Crippen LogP contribution >= 0.6 is 0 Å². The molecular weight excluding hydrogens is 150 g/mol. The van der Waals surface area contributed by atoms with E-state index in [1.54, 1.807) is 0 Å². The lowest BCUT2D eigenvalue weighted by Gasteiger charge is -2.17. The monoisotopic (exact) mass is 174 g/mol. The van der Waals surface area contributed by atoms with Crippen LogP contribution in [0, 0.1) is 5.92 Å². The molecule has 1 N–H and O–H groups in total. The predicted molar refractivity (Wildman–Crippen MR) is 52.1 cm³/mol. The minimum absolute atomic E-state index is 0.647. The normalized spacial score (nSPS) is 11.5. The van der Waals surface area contributed by atoms with Gasteiger partial charge in [0.05, 0.1) is 0 Å². The minimum Gasteiger partial charge on any atom is -0.204 e. The van der Waals surface area contributed by atoms with Crippen molar-refractivity contribution in [1.29, 1.82) is 0 Å². The fourth-order valence-corrected chi connectivity index (χ4v) is 1.11. The van der Waals surface area contributed by atoms with E-state index >= 15 is 0 Å². The first-order valence-electron chi connectivity index (χ1n) is 5.18. The Labute approximate surface area is 76.9 Å². The molecule has 0 radical (unpaired) electrons. The molecule has 0 saturated carbocycles. The maximum atomic E-state index is 5.70. The molecule has 0 unspecified atom stereocenters. The second-order valence-electron chi connectivity index (χ2n) is 3.74. The van der Waals surface area contributed by atoms with E-state index in [0.717, 1.165) is 19.7 Å². The molecule has 0 aliphatic carbocycles. The first-order chi connectivity index (χ1) is 5.70. The summed E-state index contributed by atoms with van der Waals surface area (Å²) in [6.45, 7) is 11.9. The fraction of sp³-hybridized carbons (Fsp3) is 1.00. The highest BCUT2D eigenvalue weighted by atomic mass is 16.7. The van der Waals surface area contributed by atoms with Crippen molar-refractivity contribution < 1.29 is 9.90 Å². The summed E-state index contributed by atoms with van der Waals surface area (Å²) in [4.78, 5) is 5.70. The van der Waals surface area contributed by atoms with Crippen LogP contribution in [-0.4, -0.2) is 19.7 Å². The van der Waals surface area contributed by atoms with Crippen molar-refractivity contribution in [1.82, 2.24) is 0 Å². The maximum absolute atomic E-state index is 5.70. The molecule has 2 heteroatoms. The van der Waals surface area contributed by atoms with Crippen LogP contribution in [0.25, 0.3) is 0 Å². The number of quaternary nitrogens is 1. The van der Waals surface area contributed by atoms with E-state index in [1.807, 2.05) is 0 Å². The van der Waals surface area contributed by atoms with Crippen LogP contribution in [0.3, 0.4) is 0 Å². The summed E-state index contributed by atoms with van der Waals surface area (Å²) >= 11 is 0. The molecule has 0 saturated heterocycles. The van der Waals surface area contributed by atoms with Gasteiger partial charge in [0.15, 0.2) is 0 Å². The largest absolute Gasteiger partial charge is 0.204 e. The third-order valence-electron chi connectivity index (χ3n) is 1.68. The topological polar surface area (TPSA) is 13.7 Å². The summed E-state index contributed by atoms with van der Waals surface area (Å²) in [5, 5.41) is 1.30. The molecule has 0 aliphatic heterocycles. The zero-order valence-corrected chi connectivity index (χ0v) is 9.02. The first-order valence-corrected chi connectivity index (χ1v) is 5.18. The van der Waals surface area contributed by atoms with Gasteiger partial charge in [-0.1, -0.05) is 27.7 Å². The molecule has 0 aromatic rings. The summed E-state index contributed by atoms with van der Waals surface area (Å²) in [6.07, 6.45) is 2.40. The van der Waals surface area contributed by atoms with Gasteiger partial charge >= 0.3 is 0 Å². The number of hydrogen-bond donors (Lipinski definition) is 1. The molecule has 0 rings (SSSR count). The summed E-state index contributed by atoms with van der Waals surface area (Å²) < 4.78 is 0. The quantitative estimate of drug-likeness (QED) is 0.574. The lowest BCUT2D eigenvalue weighted by Crippen LogP contribution is -3.11. The third-order valence-corrected chi connectivity index (χ3v) is 1.68. The molecule has 0 aliphatic rings. The smallest absolute Gasteiger partial charge is 0.108 e. The van der Waals surface area contributed by atoms with Crippen molar-refractivity contribution in [3.05, 3.63) is 0 Å². The zero-order chi connectivity index (χ0) is 9.40. The van der Waals surface area contributed by atoms with Gasteiger partial charge in [0.2, 0.25) is 0 Å². The van der Waals surface area contributed by atoms with E-state index in [4.69, 9.17) is 4.84 Å². The van der Waals surface area contributed by atoms with Crippen LogP contribution in [0.2, 0.25) is 0 Å². The number of hydroxylamine groups is 2. The van der Waals surface area contributed by atoms with Gasteiger partial charge in [0.25, 0.3) is 0 Å². The Bertz CT molecular complexity index is 87.8. The van der Waals surface area contributed by atoms with Crippen molar-refractivity contribution >= 4 is 0 Å². The molecule has 0 fully saturated rings. The lowest BCUT2D eigenvalue weighted by atomic mass is 10.2. The molecular formula is C10H24NO+. The van der Waals surface area contributed by atoms with Crippen molar-refractivity contribution in [2.75, 3.05) is 19.7 Å². The van der Waals surface area contributed by atoms with E-state index in [2.05, 4.69) is 27.7 Å². The van der Waals surface area contributed by atoms with Crippen LogP contribution in [-0.2, 0) is 4.84 Å². The SMILES string of the molecule is CCC[NH+](CCC)OCC(C)C. The van der Waals surface area contributed by atoms with Crippen LogP contribution in [0.5, 0.6) is 0 Å². The second kappa shape index (κ2) is 7.56. The third kappa shape index (κ3) is 6.62. The van der Waals surface area contributed by atoms with Gasteiger partial charge in [-0.3, -0.25) is 0 Å². The van der Waals surface area contributed by atoms with Gasteiger partial charge in [0.1, 0.15) is 19.7 Å². The fourth-order valence-electron chi connectivity index (χ4n) is 1.11. The van der Waals surface area contributed by atoms with Gasteiger partial charge in [-0.05, 0) is 18.8 Å². The van der Waals surface area contributed by atoms with Crippen LogP contribution in [0.1, 0.15) is 40.5 Å². The van der Waals surface area contributed by atoms with Gasteiger partial charge in [0, 0.05) is 0 Å². The molecule has 12 heavy (non-hydrogen) atoms. The van der Waals surface area contributed by atoms with Crippen LogP contribution in [0.4, 0.5) is 0 Å². The molecule has 0 aromatic heterocycles. The van der Waals surface area contributed by atoms with E-state index in [1.165, 1.54) is 17.9 Å². The van der Waals surface area contributed by atoms with Gasteiger partial charge in [-0.2, -0.15) is 5.06 Å². The van der Waals surface area contributed by atoms with E-state index in [9.17, 15) is 0 Å². The standard InChI is InChI=1S/C10H23NO/c1-5-7-11(8-6-2)12-9-10(3)4/h10H,5-9H2,1-4H3/p+1. The molecule has 0 bridgehead atoms. The molecule has 0 spiro atoms. The molecule has 0 amide bonds. The second-order valence-corrected chi connectivity index (χ2v) is 3.74. The van der Waals surface area contributed by atoms with Crippen LogP contribution in [0.15, 0.2) is 0 Å². The van der Waals surface area contributed by atoms with Crippen molar-refractivity contribution in [3.8, 4) is 0 Å². The van der Waals surface area contributed by atoms with Crippen molar-refractivity contribution in [3.63, 3.8) is 0 Å². The molecule has 0 heterocycles. The number of rotatable bonds is 7. The molecule has 74 valence electrons. The highest BCUT2D eigenvalue weighted by Gasteiger charge is 2.07. The van der Waals surface area contributed by atoms with Crippen molar-refractivity contribution in [2.45, 2.75) is 40.5 Å². The zero-order valence-electron chi connectivity index (χ0n) is 9.02. The minimum atomic E-state index is 0.647. The summed E-state index contributed by atoms with van der Waals surface area (Å²) in [5.74, 6) is 0.647.